The predicted octanol–water partition coefficient (Wildman–Crippen LogP) is 4.25. The summed E-state index contributed by atoms with van der Waals surface area (Å²) in [6.07, 6.45) is -4.29. The van der Waals surface area contributed by atoms with Gasteiger partial charge in [0.2, 0.25) is 11.8 Å². The van der Waals surface area contributed by atoms with E-state index in [1.807, 2.05) is 6.07 Å². The van der Waals surface area contributed by atoms with Crippen molar-refractivity contribution >= 4 is 5.91 Å². The van der Waals surface area contributed by atoms with Crippen LogP contribution in [0.5, 0.6) is 0 Å². The largest absolute Gasteiger partial charge is 0.407 e. The third-order valence-electron chi connectivity index (χ3n) is 5.26. The molecule has 2 saturated carbocycles. The smallest absolute Gasteiger partial charge is 0.336 e. The number of hydrogen-bond donors (Lipinski definition) is 2. The summed E-state index contributed by atoms with van der Waals surface area (Å²) >= 11 is 0. The van der Waals surface area contributed by atoms with Gasteiger partial charge in [0.05, 0.1) is 12.1 Å². The van der Waals surface area contributed by atoms with Gasteiger partial charge >= 0.3 is 6.18 Å². The molecule has 0 saturated heterocycles. The number of nitrogens with zero attached hydrogens (tertiary/aromatic N) is 1. The van der Waals surface area contributed by atoms with E-state index in [1.165, 1.54) is 30.3 Å². The molecule has 2 aliphatic carbocycles. The van der Waals surface area contributed by atoms with Crippen LogP contribution in [0.1, 0.15) is 50.1 Å². The number of nitriles is 1. The van der Waals surface area contributed by atoms with Crippen LogP contribution in [0, 0.1) is 17.2 Å². The van der Waals surface area contributed by atoms with Gasteiger partial charge in [-0.25, -0.2) is 8.78 Å². The van der Waals surface area contributed by atoms with E-state index in [0.29, 0.717) is 25.7 Å². The molecule has 1 aromatic rings. The fraction of sp³-hybridized carbons (Fsp3) is 0.600. The van der Waals surface area contributed by atoms with Gasteiger partial charge in [0.1, 0.15) is 11.6 Å². The first-order valence-electron chi connectivity index (χ1n) is 9.52. The molecule has 2 fully saturated rings. The normalized spacial score (nSPS) is 20.4. The lowest BCUT2D eigenvalue weighted by atomic mass is 9.99. The Morgan fingerprint density at radius 2 is 1.79 bits per heavy atom. The van der Waals surface area contributed by atoms with Crippen LogP contribution in [-0.4, -0.2) is 29.6 Å². The van der Waals surface area contributed by atoms with Gasteiger partial charge in [-0.2, -0.15) is 18.4 Å². The minimum absolute atomic E-state index is 0.157. The Kier molecular flexibility index (Phi) is 5.86. The van der Waals surface area contributed by atoms with Crippen molar-refractivity contribution in [1.82, 2.24) is 10.6 Å². The fourth-order valence-corrected chi connectivity index (χ4v) is 3.29. The van der Waals surface area contributed by atoms with Crippen LogP contribution in [-0.2, 0) is 4.79 Å². The summed E-state index contributed by atoms with van der Waals surface area (Å²) in [6.45, 7) is 0. The van der Waals surface area contributed by atoms with Crippen LogP contribution in [0.4, 0.5) is 22.0 Å². The Labute approximate surface area is 165 Å². The molecule has 3 rings (SSSR count). The van der Waals surface area contributed by atoms with Crippen molar-refractivity contribution in [2.75, 3.05) is 0 Å². The van der Waals surface area contributed by atoms with Crippen LogP contribution < -0.4 is 10.6 Å². The Morgan fingerprint density at radius 1 is 1.17 bits per heavy atom. The zero-order valence-corrected chi connectivity index (χ0v) is 15.6. The number of benzene rings is 1. The number of rotatable bonds is 9. The van der Waals surface area contributed by atoms with E-state index in [1.54, 1.807) is 0 Å². The van der Waals surface area contributed by atoms with Gasteiger partial charge in [-0.1, -0.05) is 30.3 Å². The number of halogens is 5. The molecule has 0 aliphatic heterocycles. The fourth-order valence-electron chi connectivity index (χ4n) is 3.29. The zero-order valence-electron chi connectivity index (χ0n) is 15.6. The quantitative estimate of drug-likeness (QED) is 0.593. The molecule has 1 unspecified atom stereocenters. The van der Waals surface area contributed by atoms with Crippen molar-refractivity contribution in [3.05, 3.63) is 35.9 Å². The second-order valence-corrected chi connectivity index (χ2v) is 8.00. The summed E-state index contributed by atoms with van der Waals surface area (Å²) in [5, 5.41) is 13.6. The molecule has 2 atom stereocenters. The molecule has 0 spiro atoms. The third-order valence-corrected chi connectivity index (χ3v) is 5.26. The van der Waals surface area contributed by atoms with Crippen LogP contribution >= 0.6 is 0 Å². The molecule has 2 N–H and O–H groups in total. The van der Waals surface area contributed by atoms with Crippen molar-refractivity contribution in [3.8, 4) is 6.07 Å². The minimum atomic E-state index is -4.79. The molecule has 4 nitrogen and oxygen atoms in total. The maximum absolute atomic E-state index is 14.4. The molecule has 0 heterocycles. The van der Waals surface area contributed by atoms with Crippen molar-refractivity contribution in [1.29, 1.82) is 5.26 Å². The van der Waals surface area contributed by atoms with Crippen molar-refractivity contribution in [2.45, 2.75) is 68.2 Å². The van der Waals surface area contributed by atoms with Gasteiger partial charge in [-0.15, -0.1) is 0 Å². The molecule has 9 heteroatoms. The number of hydrogen-bond acceptors (Lipinski definition) is 3. The maximum atomic E-state index is 14.4. The van der Waals surface area contributed by atoms with Gasteiger partial charge in [0.15, 0.2) is 0 Å². The average Bonchev–Trinajstić information content (AvgIpc) is 3.56. The van der Waals surface area contributed by atoms with Gasteiger partial charge in [0, 0.05) is 12.8 Å². The van der Waals surface area contributed by atoms with E-state index in [-0.39, 0.29) is 11.5 Å². The Bertz CT molecular complexity index is 767. The second-order valence-electron chi connectivity index (χ2n) is 8.00. The summed E-state index contributed by atoms with van der Waals surface area (Å²) in [4.78, 5) is 12.6. The van der Waals surface area contributed by atoms with Gasteiger partial charge in [0.25, 0.3) is 0 Å². The van der Waals surface area contributed by atoms with E-state index in [4.69, 9.17) is 5.26 Å². The van der Waals surface area contributed by atoms with E-state index < -0.39 is 48.5 Å². The minimum Gasteiger partial charge on any atom is -0.336 e. The standard InChI is InChI=1S/C20H22F5N3O/c21-19(22,10-13-6-7-13)11-15(17(29)28-18(12-26)8-9-18)27-16(20(23,24)25)14-4-2-1-3-5-14/h1-5,13,15-16,27H,6-11H2,(H,28,29)/t15-,16?/m0/s1. The summed E-state index contributed by atoms with van der Waals surface area (Å²) in [5.41, 5.74) is -1.34. The molecule has 1 aromatic carbocycles. The highest BCUT2D eigenvalue weighted by Gasteiger charge is 2.49. The number of amides is 1. The lowest BCUT2D eigenvalue weighted by molar-refractivity contribution is -0.163. The Morgan fingerprint density at radius 3 is 2.28 bits per heavy atom. The van der Waals surface area contributed by atoms with Crippen LogP contribution in [0.2, 0.25) is 0 Å². The lowest BCUT2D eigenvalue weighted by Crippen LogP contribution is -2.53. The van der Waals surface area contributed by atoms with Crippen LogP contribution in [0.3, 0.4) is 0 Å². The molecular weight excluding hydrogens is 393 g/mol. The van der Waals surface area contributed by atoms with E-state index in [0.717, 1.165) is 0 Å². The highest BCUT2D eigenvalue weighted by molar-refractivity contribution is 5.83. The van der Waals surface area contributed by atoms with E-state index in [2.05, 4.69) is 10.6 Å². The summed E-state index contributed by atoms with van der Waals surface area (Å²) in [5.74, 6) is -4.45. The SMILES string of the molecule is N#CC1(NC(=O)[C@H](CC(F)(F)CC2CC2)NC(c2ccccc2)C(F)(F)F)CC1. The third kappa shape index (κ3) is 5.89. The summed E-state index contributed by atoms with van der Waals surface area (Å²) < 4.78 is 69.9. The number of carbonyl (C=O) groups is 1. The summed E-state index contributed by atoms with van der Waals surface area (Å²) in [6, 6.07) is 4.60. The topological polar surface area (TPSA) is 64.9 Å². The molecule has 0 bridgehead atoms. The second kappa shape index (κ2) is 7.90. The molecule has 0 aromatic heterocycles. The molecule has 29 heavy (non-hydrogen) atoms. The summed E-state index contributed by atoms with van der Waals surface area (Å²) in [7, 11) is 0. The molecule has 0 radical (unpaired) electrons. The van der Waals surface area contributed by atoms with E-state index >= 15 is 0 Å². The van der Waals surface area contributed by atoms with Gasteiger partial charge in [-0.05, 0) is 37.2 Å². The predicted molar refractivity (Wildman–Crippen MR) is 94.8 cm³/mol. The maximum Gasteiger partial charge on any atom is 0.407 e. The highest BCUT2D eigenvalue weighted by Crippen LogP contribution is 2.42. The number of alkyl halides is 5. The van der Waals surface area contributed by atoms with Gasteiger partial charge < -0.3 is 5.32 Å². The number of nitrogens with one attached hydrogen (secondary N) is 2. The Balaban J connectivity index is 1.82. The first-order chi connectivity index (χ1) is 13.5. The monoisotopic (exact) mass is 415 g/mol. The van der Waals surface area contributed by atoms with Crippen molar-refractivity contribution < 1.29 is 26.7 Å². The highest BCUT2D eigenvalue weighted by atomic mass is 19.4. The Hall–Kier alpha value is -2.21. The first kappa shape index (κ1) is 21.5. The number of carbonyl (C=O) groups excluding carboxylic acids is 1. The van der Waals surface area contributed by atoms with Crippen LogP contribution in [0.15, 0.2) is 30.3 Å². The molecular formula is C20H22F5N3O. The van der Waals surface area contributed by atoms with Crippen molar-refractivity contribution in [3.63, 3.8) is 0 Å². The first-order valence-corrected chi connectivity index (χ1v) is 9.52. The zero-order chi connectivity index (χ0) is 21.3. The lowest BCUT2D eigenvalue weighted by Gasteiger charge is -2.30. The van der Waals surface area contributed by atoms with Crippen LogP contribution in [0.25, 0.3) is 0 Å². The molecule has 158 valence electrons. The van der Waals surface area contributed by atoms with E-state index in [9.17, 15) is 26.7 Å². The average molecular weight is 415 g/mol. The molecule has 1 amide bonds. The van der Waals surface area contributed by atoms with Gasteiger partial charge in [-0.3, -0.25) is 10.1 Å². The van der Waals surface area contributed by atoms with Crippen molar-refractivity contribution in [2.24, 2.45) is 5.92 Å². The molecule has 2 aliphatic rings.